The molecule has 0 bridgehead atoms. The van der Waals surface area contributed by atoms with E-state index in [0.29, 0.717) is 18.1 Å². The monoisotopic (exact) mass is 486 g/mol. The Morgan fingerprint density at radius 2 is 2.06 bits per heavy atom. The van der Waals surface area contributed by atoms with Crippen molar-refractivity contribution in [1.29, 1.82) is 0 Å². The first-order chi connectivity index (χ1) is 16.0. The molecular formula is C25H28ClFN4O3. The van der Waals surface area contributed by atoms with Gasteiger partial charge in [-0.15, -0.1) is 0 Å². The Kier molecular flexibility index (Phi) is 8.79. The number of benzene rings is 2. The number of para-hydroxylation sites is 1. The molecule has 1 unspecified atom stereocenters. The quantitative estimate of drug-likeness (QED) is 0.405. The maximum atomic E-state index is 14.2. The molecule has 3 aromatic rings. The molecule has 1 saturated heterocycles. The Balaban J connectivity index is 0.00000324. The van der Waals surface area contributed by atoms with Crippen LogP contribution in [-0.4, -0.2) is 35.7 Å². The molecule has 7 nitrogen and oxygen atoms in total. The first-order valence-corrected chi connectivity index (χ1v) is 11.0. The number of carbonyl (C=O) groups is 1. The SMILES string of the molecule is C.COc1ccc(Nc2ncc(C(=O)Nc3c(F)cccc3Cl)c(CCC3CCCO3)n2)cc1. The number of amides is 1. The second-order valence-corrected chi connectivity index (χ2v) is 8.04. The summed E-state index contributed by atoms with van der Waals surface area (Å²) in [7, 11) is 1.60. The van der Waals surface area contributed by atoms with Crippen molar-refractivity contribution in [3.63, 3.8) is 0 Å². The van der Waals surface area contributed by atoms with Crippen LogP contribution in [-0.2, 0) is 11.2 Å². The second kappa shape index (κ2) is 11.8. The first kappa shape index (κ1) is 25.4. The third-order valence-corrected chi connectivity index (χ3v) is 5.70. The molecule has 2 aromatic carbocycles. The Labute approximate surface area is 203 Å². The van der Waals surface area contributed by atoms with E-state index in [0.717, 1.165) is 37.3 Å². The van der Waals surface area contributed by atoms with Crippen LogP contribution in [0.3, 0.4) is 0 Å². The number of aromatic nitrogens is 2. The first-order valence-electron chi connectivity index (χ1n) is 10.7. The van der Waals surface area contributed by atoms with Crippen molar-refractivity contribution in [3.8, 4) is 5.75 Å². The molecule has 1 aliphatic heterocycles. The fraction of sp³-hybridized carbons (Fsp3) is 0.320. The third kappa shape index (κ3) is 6.21. The number of methoxy groups -OCH3 is 1. The molecule has 2 N–H and O–H groups in total. The van der Waals surface area contributed by atoms with Gasteiger partial charge in [0.15, 0.2) is 0 Å². The summed E-state index contributed by atoms with van der Waals surface area (Å²) in [5, 5.41) is 5.80. The van der Waals surface area contributed by atoms with E-state index in [1.165, 1.54) is 24.4 Å². The highest BCUT2D eigenvalue weighted by Crippen LogP contribution is 2.26. The summed E-state index contributed by atoms with van der Waals surface area (Å²) >= 11 is 6.06. The lowest BCUT2D eigenvalue weighted by Crippen LogP contribution is -2.18. The van der Waals surface area contributed by atoms with Gasteiger partial charge in [-0.2, -0.15) is 0 Å². The smallest absolute Gasteiger partial charge is 0.259 e. The highest BCUT2D eigenvalue weighted by Gasteiger charge is 2.21. The zero-order chi connectivity index (χ0) is 23.2. The maximum Gasteiger partial charge on any atom is 0.259 e. The minimum absolute atomic E-state index is 0. The number of halogens is 2. The summed E-state index contributed by atoms with van der Waals surface area (Å²) in [4.78, 5) is 21.9. The average Bonchev–Trinajstić information content (AvgIpc) is 3.34. The average molecular weight is 487 g/mol. The van der Waals surface area contributed by atoms with Gasteiger partial charge in [0.2, 0.25) is 5.95 Å². The van der Waals surface area contributed by atoms with Gasteiger partial charge in [-0.05, 0) is 62.1 Å². The summed E-state index contributed by atoms with van der Waals surface area (Å²) < 4.78 is 25.1. The van der Waals surface area contributed by atoms with Crippen LogP contribution in [0.15, 0.2) is 48.7 Å². The number of aryl methyl sites for hydroxylation is 1. The Morgan fingerprint density at radius 1 is 1.26 bits per heavy atom. The van der Waals surface area contributed by atoms with Crippen LogP contribution in [0.5, 0.6) is 5.75 Å². The van der Waals surface area contributed by atoms with Gasteiger partial charge in [-0.25, -0.2) is 14.4 Å². The lowest BCUT2D eigenvalue weighted by atomic mass is 10.1. The number of anilines is 3. The molecule has 4 rings (SSSR count). The van der Waals surface area contributed by atoms with E-state index in [9.17, 15) is 9.18 Å². The van der Waals surface area contributed by atoms with E-state index in [1.54, 1.807) is 7.11 Å². The minimum atomic E-state index is -0.615. The molecule has 0 spiro atoms. The Morgan fingerprint density at radius 3 is 2.74 bits per heavy atom. The summed E-state index contributed by atoms with van der Waals surface area (Å²) in [6.07, 6.45) is 4.81. The predicted octanol–water partition coefficient (Wildman–Crippen LogP) is 6.02. The molecule has 1 fully saturated rings. The molecule has 1 aromatic heterocycles. The van der Waals surface area contributed by atoms with Crippen LogP contribution < -0.4 is 15.4 Å². The number of nitrogens with one attached hydrogen (secondary N) is 2. The third-order valence-electron chi connectivity index (χ3n) is 5.39. The summed E-state index contributed by atoms with van der Waals surface area (Å²) in [5.74, 6) is -0.0590. The lowest BCUT2D eigenvalue weighted by Gasteiger charge is -2.14. The van der Waals surface area contributed by atoms with Gasteiger partial charge >= 0.3 is 0 Å². The highest BCUT2D eigenvalue weighted by atomic mass is 35.5. The molecule has 2 heterocycles. The fourth-order valence-corrected chi connectivity index (χ4v) is 3.84. The molecule has 0 saturated carbocycles. The van der Waals surface area contributed by atoms with Gasteiger partial charge in [0.25, 0.3) is 5.91 Å². The zero-order valence-corrected chi connectivity index (χ0v) is 18.9. The van der Waals surface area contributed by atoms with Crippen molar-refractivity contribution < 1.29 is 18.7 Å². The van der Waals surface area contributed by atoms with Crippen LogP contribution in [0, 0.1) is 5.82 Å². The van der Waals surface area contributed by atoms with Gasteiger partial charge < -0.3 is 20.1 Å². The molecule has 1 atom stereocenters. The van der Waals surface area contributed by atoms with Gasteiger partial charge in [-0.1, -0.05) is 25.1 Å². The number of nitrogens with zero attached hydrogens (tertiary/aromatic N) is 2. The van der Waals surface area contributed by atoms with E-state index in [2.05, 4.69) is 20.6 Å². The van der Waals surface area contributed by atoms with E-state index < -0.39 is 11.7 Å². The van der Waals surface area contributed by atoms with E-state index in [-0.39, 0.29) is 29.8 Å². The number of rotatable bonds is 8. The number of hydrogen-bond acceptors (Lipinski definition) is 6. The van der Waals surface area contributed by atoms with Gasteiger partial charge in [-0.3, -0.25) is 4.79 Å². The lowest BCUT2D eigenvalue weighted by molar-refractivity contribution is 0.101. The molecule has 180 valence electrons. The molecule has 0 aliphatic carbocycles. The Bertz CT molecular complexity index is 1100. The van der Waals surface area contributed by atoms with Crippen molar-refractivity contribution in [1.82, 2.24) is 9.97 Å². The second-order valence-electron chi connectivity index (χ2n) is 7.63. The Hall–Kier alpha value is -3.23. The normalized spacial score (nSPS) is 14.9. The van der Waals surface area contributed by atoms with Crippen molar-refractivity contribution in [2.45, 2.75) is 39.2 Å². The zero-order valence-electron chi connectivity index (χ0n) is 18.1. The fourth-order valence-electron chi connectivity index (χ4n) is 3.63. The van der Waals surface area contributed by atoms with Crippen LogP contribution in [0.25, 0.3) is 0 Å². The predicted molar refractivity (Wildman–Crippen MR) is 132 cm³/mol. The number of hydrogen-bond donors (Lipinski definition) is 2. The minimum Gasteiger partial charge on any atom is -0.497 e. The maximum absolute atomic E-state index is 14.2. The standard InChI is InChI=1S/C24H24ClFN4O3.CH4/c1-32-16-9-7-15(8-10-16)28-24-27-14-18(21(29-24)12-11-17-4-3-13-33-17)23(31)30-22-19(25)5-2-6-20(22)26;/h2,5-10,14,17H,3-4,11-13H2,1H3,(H,30,31)(H,27,28,29);1H4. The molecule has 9 heteroatoms. The topological polar surface area (TPSA) is 85.4 Å². The van der Waals surface area contributed by atoms with E-state index >= 15 is 0 Å². The summed E-state index contributed by atoms with van der Waals surface area (Å²) in [6, 6.07) is 11.5. The van der Waals surface area contributed by atoms with Gasteiger partial charge in [0.1, 0.15) is 11.6 Å². The van der Waals surface area contributed by atoms with Crippen LogP contribution >= 0.6 is 11.6 Å². The molecule has 0 radical (unpaired) electrons. The summed E-state index contributed by atoms with van der Waals surface area (Å²) in [6.45, 7) is 0.748. The van der Waals surface area contributed by atoms with Crippen LogP contribution in [0.1, 0.15) is 42.7 Å². The largest absolute Gasteiger partial charge is 0.497 e. The van der Waals surface area contributed by atoms with Crippen LogP contribution in [0.4, 0.5) is 21.7 Å². The summed E-state index contributed by atoms with van der Waals surface area (Å²) in [5.41, 5.74) is 1.50. The van der Waals surface area contributed by atoms with E-state index in [4.69, 9.17) is 21.1 Å². The van der Waals surface area contributed by atoms with E-state index in [1.807, 2.05) is 24.3 Å². The molecular weight excluding hydrogens is 459 g/mol. The van der Waals surface area contributed by atoms with Crippen molar-refractivity contribution in [2.75, 3.05) is 24.4 Å². The van der Waals surface area contributed by atoms with Gasteiger partial charge in [0, 0.05) is 18.5 Å². The number of ether oxygens (including phenoxy) is 2. The number of carbonyl (C=O) groups excluding carboxylic acids is 1. The van der Waals surface area contributed by atoms with Crippen molar-refractivity contribution in [3.05, 3.63) is 70.8 Å². The van der Waals surface area contributed by atoms with Crippen molar-refractivity contribution >= 4 is 34.8 Å². The van der Waals surface area contributed by atoms with Gasteiger partial charge in [0.05, 0.1) is 35.2 Å². The highest BCUT2D eigenvalue weighted by molar-refractivity contribution is 6.34. The molecule has 34 heavy (non-hydrogen) atoms. The molecule has 1 aliphatic rings. The molecule has 1 amide bonds. The van der Waals surface area contributed by atoms with Crippen molar-refractivity contribution in [2.24, 2.45) is 0 Å². The van der Waals surface area contributed by atoms with Crippen LogP contribution in [0.2, 0.25) is 5.02 Å².